The van der Waals surface area contributed by atoms with Crippen molar-refractivity contribution in [3.8, 4) is 5.75 Å². The van der Waals surface area contributed by atoms with Crippen molar-refractivity contribution in [1.82, 2.24) is 4.90 Å². The average Bonchev–Trinajstić information content (AvgIpc) is 2.28. The lowest BCUT2D eigenvalue weighted by Gasteiger charge is -2.21. The molecule has 88 valence electrons. The number of benzene rings is 1. The maximum Gasteiger partial charge on any atom is 0.253 e. The van der Waals surface area contributed by atoms with E-state index in [9.17, 15) is 4.79 Å². The minimum atomic E-state index is 0.0399. The molecule has 0 aromatic heterocycles. The van der Waals surface area contributed by atoms with Crippen molar-refractivity contribution in [2.75, 3.05) is 13.7 Å². The van der Waals surface area contributed by atoms with Gasteiger partial charge in [0.25, 0.3) is 5.91 Å². The second kappa shape index (κ2) is 5.54. The molecule has 1 rings (SSSR count). The first-order chi connectivity index (χ1) is 7.56. The number of carbonyl (C=O) groups excluding carboxylic acids is 1. The molecule has 0 aliphatic rings. The van der Waals surface area contributed by atoms with Gasteiger partial charge in [0.2, 0.25) is 0 Å². The maximum absolute atomic E-state index is 11.9. The molecule has 0 spiro atoms. The summed E-state index contributed by atoms with van der Waals surface area (Å²) in [5, 5.41) is 0. The molecule has 0 heterocycles. The van der Waals surface area contributed by atoms with Gasteiger partial charge in [-0.3, -0.25) is 4.79 Å². The molecule has 0 radical (unpaired) electrons. The van der Waals surface area contributed by atoms with E-state index in [1.54, 1.807) is 17.0 Å². The molecule has 1 aromatic carbocycles. The van der Waals surface area contributed by atoms with Crippen molar-refractivity contribution >= 4 is 5.91 Å². The summed E-state index contributed by atoms with van der Waals surface area (Å²) in [6.45, 7) is 6.56. The summed E-state index contributed by atoms with van der Waals surface area (Å²) < 4.78 is 5.32. The quantitative estimate of drug-likeness (QED) is 0.782. The van der Waals surface area contributed by atoms with Crippen LogP contribution in [0.15, 0.2) is 24.3 Å². The fourth-order valence-electron chi connectivity index (χ4n) is 1.30. The van der Waals surface area contributed by atoms with E-state index in [0.29, 0.717) is 12.2 Å². The highest BCUT2D eigenvalue weighted by Gasteiger charge is 2.13. The SMILES string of the molecule is CCOc1ccc(C(=O)N(C)C(C)C)cc1. The van der Waals surface area contributed by atoms with Gasteiger partial charge in [0.05, 0.1) is 6.61 Å². The fraction of sp³-hybridized carbons (Fsp3) is 0.462. The summed E-state index contributed by atoms with van der Waals surface area (Å²) in [4.78, 5) is 13.7. The lowest BCUT2D eigenvalue weighted by atomic mass is 10.2. The van der Waals surface area contributed by atoms with Gasteiger partial charge in [-0.2, -0.15) is 0 Å². The van der Waals surface area contributed by atoms with Crippen LogP contribution in [0.3, 0.4) is 0 Å². The summed E-state index contributed by atoms with van der Waals surface area (Å²) in [6, 6.07) is 7.45. The van der Waals surface area contributed by atoms with Gasteiger partial charge in [-0.1, -0.05) is 0 Å². The zero-order chi connectivity index (χ0) is 12.1. The van der Waals surface area contributed by atoms with Gasteiger partial charge in [-0.15, -0.1) is 0 Å². The summed E-state index contributed by atoms with van der Waals surface area (Å²) in [7, 11) is 1.81. The number of rotatable bonds is 4. The number of ether oxygens (including phenoxy) is 1. The van der Waals surface area contributed by atoms with Crippen LogP contribution in [0.25, 0.3) is 0 Å². The molecule has 1 aromatic rings. The van der Waals surface area contributed by atoms with Crippen LogP contribution in [0, 0.1) is 0 Å². The Morgan fingerprint density at radius 1 is 1.31 bits per heavy atom. The van der Waals surface area contributed by atoms with Gasteiger partial charge >= 0.3 is 0 Å². The van der Waals surface area contributed by atoms with Gasteiger partial charge in [0.15, 0.2) is 0 Å². The van der Waals surface area contributed by atoms with Crippen molar-refractivity contribution in [3.05, 3.63) is 29.8 Å². The molecule has 0 N–H and O–H groups in total. The van der Waals surface area contributed by atoms with Crippen molar-refractivity contribution in [2.45, 2.75) is 26.8 Å². The van der Waals surface area contributed by atoms with Crippen LogP contribution in [-0.2, 0) is 0 Å². The summed E-state index contributed by atoms with van der Waals surface area (Å²) >= 11 is 0. The van der Waals surface area contributed by atoms with Crippen LogP contribution in [-0.4, -0.2) is 30.5 Å². The largest absolute Gasteiger partial charge is 0.494 e. The molecule has 0 aliphatic carbocycles. The molecule has 0 fully saturated rings. The molecular formula is C13H19NO2. The highest BCUT2D eigenvalue weighted by Crippen LogP contribution is 2.14. The third kappa shape index (κ3) is 2.99. The van der Waals surface area contributed by atoms with Crippen molar-refractivity contribution in [3.63, 3.8) is 0 Å². The second-order valence-corrected chi connectivity index (χ2v) is 3.97. The number of amides is 1. The molecular weight excluding hydrogens is 202 g/mol. The molecule has 0 saturated heterocycles. The van der Waals surface area contributed by atoms with Gasteiger partial charge in [-0.05, 0) is 45.0 Å². The highest BCUT2D eigenvalue weighted by atomic mass is 16.5. The topological polar surface area (TPSA) is 29.5 Å². The van der Waals surface area contributed by atoms with Crippen LogP contribution in [0.1, 0.15) is 31.1 Å². The van der Waals surface area contributed by atoms with E-state index in [1.165, 1.54) is 0 Å². The van der Waals surface area contributed by atoms with Gasteiger partial charge < -0.3 is 9.64 Å². The van der Waals surface area contributed by atoms with E-state index in [0.717, 1.165) is 5.75 Å². The molecule has 0 aliphatic heterocycles. The van der Waals surface area contributed by atoms with Crippen molar-refractivity contribution < 1.29 is 9.53 Å². The molecule has 0 bridgehead atoms. The van der Waals surface area contributed by atoms with E-state index < -0.39 is 0 Å². The van der Waals surface area contributed by atoms with Gasteiger partial charge in [0.1, 0.15) is 5.75 Å². The van der Waals surface area contributed by atoms with E-state index in [2.05, 4.69) is 0 Å². The first kappa shape index (κ1) is 12.6. The molecule has 0 saturated carbocycles. The molecule has 0 atom stereocenters. The molecule has 0 unspecified atom stereocenters. The third-order valence-electron chi connectivity index (χ3n) is 2.51. The molecule has 3 nitrogen and oxygen atoms in total. The van der Waals surface area contributed by atoms with Crippen LogP contribution in [0.2, 0.25) is 0 Å². The van der Waals surface area contributed by atoms with Crippen LogP contribution in [0.5, 0.6) is 5.75 Å². The minimum Gasteiger partial charge on any atom is -0.494 e. The number of carbonyl (C=O) groups is 1. The number of hydrogen-bond acceptors (Lipinski definition) is 2. The zero-order valence-electron chi connectivity index (χ0n) is 10.4. The van der Waals surface area contributed by atoms with E-state index in [4.69, 9.17) is 4.74 Å². The Labute approximate surface area is 97.0 Å². The summed E-state index contributed by atoms with van der Waals surface area (Å²) in [6.07, 6.45) is 0. The fourth-order valence-corrected chi connectivity index (χ4v) is 1.30. The van der Waals surface area contributed by atoms with E-state index >= 15 is 0 Å². The Hall–Kier alpha value is -1.51. The second-order valence-electron chi connectivity index (χ2n) is 3.97. The average molecular weight is 221 g/mol. The Balaban J connectivity index is 2.77. The predicted molar refractivity (Wildman–Crippen MR) is 64.8 cm³/mol. The normalized spacial score (nSPS) is 10.3. The standard InChI is InChI=1S/C13H19NO2/c1-5-16-12-8-6-11(7-9-12)13(15)14(4)10(2)3/h6-10H,5H2,1-4H3. The Kier molecular flexibility index (Phi) is 4.35. The van der Waals surface area contributed by atoms with E-state index in [-0.39, 0.29) is 11.9 Å². The highest BCUT2D eigenvalue weighted by molar-refractivity contribution is 5.94. The smallest absolute Gasteiger partial charge is 0.253 e. The lowest BCUT2D eigenvalue weighted by molar-refractivity contribution is 0.0755. The summed E-state index contributed by atoms with van der Waals surface area (Å²) in [5.74, 6) is 0.837. The first-order valence-electron chi connectivity index (χ1n) is 5.56. The maximum atomic E-state index is 11.9. The Morgan fingerprint density at radius 3 is 2.31 bits per heavy atom. The predicted octanol–water partition coefficient (Wildman–Crippen LogP) is 2.57. The van der Waals surface area contributed by atoms with Crippen LogP contribution < -0.4 is 4.74 Å². The first-order valence-corrected chi connectivity index (χ1v) is 5.56. The van der Waals surface area contributed by atoms with Gasteiger partial charge in [0, 0.05) is 18.7 Å². The van der Waals surface area contributed by atoms with Crippen molar-refractivity contribution in [1.29, 1.82) is 0 Å². The molecule has 1 amide bonds. The zero-order valence-corrected chi connectivity index (χ0v) is 10.4. The minimum absolute atomic E-state index is 0.0399. The van der Waals surface area contributed by atoms with Crippen LogP contribution in [0.4, 0.5) is 0 Å². The number of hydrogen-bond donors (Lipinski definition) is 0. The monoisotopic (exact) mass is 221 g/mol. The number of nitrogens with zero attached hydrogens (tertiary/aromatic N) is 1. The van der Waals surface area contributed by atoms with E-state index in [1.807, 2.05) is 40.0 Å². The Bertz CT molecular complexity index is 343. The summed E-state index contributed by atoms with van der Waals surface area (Å²) in [5.41, 5.74) is 0.694. The van der Waals surface area contributed by atoms with Crippen LogP contribution >= 0.6 is 0 Å². The third-order valence-corrected chi connectivity index (χ3v) is 2.51. The van der Waals surface area contributed by atoms with Crippen molar-refractivity contribution in [2.24, 2.45) is 0 Å². The lowest BCUT2D eigenvalue weighted by Crippen LogP contribution is -2.32. The molecule has 3 heteroatoms. The van der Waals surface area contributed by atoms with Gasteiger partial charge in [-0.25, -0.2) is 0 Å². The Morgan fingerprint density at radius 2 is 1.88 bits per heavy atom. The molecule has 16 heavy (non-hydrogen) atoms.